The highest BCUT2D eigenvalue weighted by Crippen LogP contribution is 2.30. The van der Waals surface area contributed by atoms with Gasteiger partial charge in [0.25, 0.3) is 0 Å². The molecule has 0 bridgehead atoms. The Balaban J connectivity index is 2.15. The van der Waals surface area contributed by atoms with E-state index in [-0.39, 0.29) is 6.04 Å². The maximum Gasteiger partial charge on any atom is 0.0559 e. The summed E-state index contributed by atoms with van der Waals surface area (Å²) in [5.41, 5.74) is 8.43. The molecule has 0 aliphatic rings. The molecule has 1 aromatic heterocycles. The fourth-order valence-electron chi connectivity index (χ4n) is 2.34. The van der Waals surface area contributed by atoms with Crippen LogP contribution in [0, 0.1) is 0 Å². The normalized spacial score (nSPS) is 12.6. The number of fused-ring (bicyclic) bond motifs is 1. The molecule has 0 aliphatic carbocycles. The van der Waals surface area contributed by atoms with Crippen molar-refractivity contribution in [1.29, 1.82) is 0 Å². The zero-order valence-electron chi connectivity index (χ0n) is 10.6. The lowest BCUT2D eigenvalue weighted by Gasteiger charge is -2.15. The van der Waals surface area contributed by atoms with Gasteiger partial charge in [-0.2, -0.15) is 0 Å². The smallest absolute Gasteiger partial charge is 0.0559 e. The molecule has 4 heteroatoms. The number of nitrogens with zero attached hydrogens (tertiary/aromatic N) is 1. The lowest BCUT2D eigenvalue weighted by Crippen LogP contribution is -2.12. The molecule has 2 N–H and O–H groups in total. The fourth-order valence-corrected chi connectivity index (χ4v) is 3.23. The van der Waals surface area contributed by atoms with Gasteiger partial charge in [-0.3, -0.25) is 4.98 Å². The van der Waals surface area contributed by atoms with Crippen molar-refractivity contribution in [3.05, 3.63) is 75.5 Å². The van der Waals surface area contributed by atoms with Crippen molar-refractivity contribution in [3.8, 4) is 0 Å². The molecule has 2 aromatic carbocycles. The molecule has 0 amide bonds. The summed E-state index contributed by atoms with van der Waals surface area (Å²) in [4.78, 5) is 4.19. The minimum Gasteiger partial charge on any atom is -0.320 e. The van der Waals surface area contributed by atoms with E-state index in [1.54, 1.807) is 6.20 Å². The number of hydrogen-bond acceptors (Lipinski definition) is 2. The SMILES string of the molecule is NC(c1cc(Cl)cc(Br)c1)c1cccc2ccncc12. The molecule has 20 heavy (non-hydrogen) atoms. The highest BCUT2D eigenvalue weighted by Gasteiger charge is 2.13. The van der Waals surface area contributed by atoms with E-state index >= 15 is 0 Å². The van der Waals surface area contributed by atoms with Crippen molar-refractivity contribution >= 4 is 38.3 Å². The second-order valence-corrected chi connectivity index (χ2v) is 5.98. The number of aromatic nitrogens is 1. The van der Waals surface area contributed by atoms with Gasteiger partial charge in [0, 0.05) is 27.3 Å². The maximum absolute atomic E-state index is 6.41. The molecule has 0 radical (unpaired) electrons. The quantitative estimate of drug-likeness (QED) is 0.730. The number of pyridine rings is 1. The summed E-state index contributed by atoms with van der Waals surface area (Å²) in [6, 6.07) is 13.6. The van der Waals surface area contributed by atoms with Gasteiger partial charge < -0.3 is 5.73 Å². The van der Waals surface area contributed by atoms with Gasteiger partial charge in [0.15, 0.2) is 0 Å². The van der Waals surface area contributed by atoms with Gasteiger partial charge in [0.2, 0.25) is 0 Å². The van der Waals surface area contributed by atoms with E-state index in [4.69, 9.17) is 17.3 Å². The topological polar surface area (TPSA) is 38.9 Å². The van der Waals surface area contributed by atoms with Crippen LogP contribution < -0.4 is 5.73 Å². The second kappa shape index (κ2) is 5.52. The van der Waals surface area contributed by atoms with Crippen LogP contribution in [-0.2, 0) is 0 Å². The summed E-state index contributed by atoms with van der Waals surface area (Å²) in [6.07, 6.45) is 3.64. The van der Waals surface area contributed by atoms with Crippen molar-refractivity contribution in [1.82, 2.24) is 4.98 Å². The first-order valence-electron chi connectivity index (χ1n) is 6.19. The molecular formula is C16H12BrClN2. The lowest BCUT2D eigenvalue weighted by atomic mass is 9.95. The number of rotatable bonds is 2. The highest BCUT2D eigenvalue weighted by atomic mass is 79.9. The van der Waals surface area contributed by atoms with Crippen LogP contribution in [0.3, 0.4) is 0 Å². The van der Waals surface area contributed by atoms with Gasteiger partial charge in [-0.25, -0.2) is 0 Å². The van der Waals surface area contributed by atoms with Crippen molar-refractivity contribution in [2.45, 2.75) is 6.04 Å². The molecule has 0 fully saturated rings. The van der Waals surface area contributed by atoms with Crippen LogP contribution in [0.4, 0.5) is 0 Å². The molecular weight excluding hydrogens is 336 g/mol. The van der Waals surface area contributed by atoms with E-state index in [1.165, 1.54) is 0 Å². The van der Waals surface area contributed by atoms with Crippen LogP contribution >= 0.6 is 27.5 Å². The first-order valence-corrected chi connectivity index (χ1v) is 7.36. The number of halogens is 2. The number of nitrogens with two attached hydrogens (primary N) is 1. The van der Waals surface area contributed by atoms with E-state index in [2.05, 4.69) is 27.0 Å². The molecule has 0 saturated heterocycles. The molecule has 100 valence electrons. The molecule has 3 rings (SSSR count). The summed E-state index contributed by atoms with van der Waals surface area (Å²) >= 11 is 9.55. The van der Waals surface area contributed by atoms with E-state index in [0.717, 1.165) is 26.4 Å². The van der Waals surface area contributed by atoms with Crippen LogP contribution in [-0.4, -0.2) is 4.98 Å². The van der Waals surface area contributed by atoms with E-state index < -0.39 is 0 Å². The number of hydrogen-bond donors (Lipinski definition) is 1. The van der Waals surface area contributed by atoms with Crippen LogP contribution in [0.25, 0.3) is 10.8 Å². The summed E-state index contributed by atoms with van der Waals surface area (Å²) in [5, 5.41) is 2.87. The van der Waals surface area contributed by atoms with Gasteiger partial charge in [-0.1, -0.05) is 45.7 Å². The Morgan fingerprint density at radius 1 is 1.15 bits per heavy atom. The largest absolute Gasteiger partial charge is 0.320 e. The van der Waals surface area contributed by atoms with Gasteiger partial charge in [0.05, 0.1) is 6.04 Å². The van der Waals surface area contributed by atoms with Gasteiger partial charge in [-0.05, 0) is 40.8 Å². The molecule has 0 saturated carbocycles. The average Bonchev–Trinajstić information content (AvgIpc) is 2.45. The molecule has 2 nitrogen and oxygen atoms in total. The zero-order valence-corrected chi connectivity index (χ0v) is 12.9. The summed E-state index contributed by atoms with van der Waals surface area (Å²) in [7, 11) is 0. The minimum atomic E-state index is -0.238. The Labute approximate surface area is 130 Å². The molecule has 0 aliphatic heterocycles. The van der Waals surface area contributed by atoms with Crippen LogP contribution in [0.1, 0.15) is 17.2 Å². The van der Waals surface area contributed by atoms with Crippen molar-refractivity contribution < 1.29 is 0 Å². The Bertz CT molecular complexity index is 748. The van der Waals surface area contributed by atoms with Crippen molar-refractivity contribution in [2.24, 2.45) is 5.73 Å². The molecule has 0 spiro atoms. The summed E-state index contributed by atoms with van der Waals surface area (Å²) < 4.78 is 0.925. The average molecular weight is 348 g/mol. The van der Waals surface area contributed by atoms with Crippen molar-refractivity contribution in [2.75, 3.05) is 0 Å². The monoisotopic (exact) mass is 346 g/mol. The molecule has 1 atom stereocenters. The number of benzene rings is 2. The summed E-state index contributed by atoms with van der Waals surface area (Å²) in [6.45, 7) is 0. The Hall–Kier alpha value is -1.42. The first-order chi connectivity index (χ1) is 9.65. The Kier molecular flexibility index (Phi) is 3.74. The Morgan fingerprint density at radius 2 is 2.00 bits per heavy atom. The van der Waals surface area contributed by atoms with E-state index in [1.807, 2.05) is 42.6 Å². The summed E-state index contributed by atoms with van der Waals surface area (Å²) in [5.74, 6) is 0. The molecule has 1 heterocycles. The van der Waals surface area contributed by atoms with E-state index in [9.17, 15) is 0 Å². The van der Waals surface area contributed by atoms with Gasteiger partial charge in [0.1, 0.15) is 0 Å². The van der Waals surface area contributed by atoms with Crippen LogP contribution in [0.15, 0.2) is 59.3 Å². The van der Waals surface area contributed by atoms with Gasteiger partial charge in [-0.15, -0.1) is 0 Å². The van der Waals surface area contributed by atoms with Crippen molar-refractivity contribution in [3.63, 3.8) is 0 Å². The molecule has 3 aromatic rings. The third-order valence-electron chi connectivity index (χ3n) is 3.30. The fraction of sp³-hybridized carbons (Fsp3) is 0.0625. The maximum atomic E-state index is 6.41. The third-order valence-corrected chi connectivity index (χ3v) is 3.97. The highest BCUT2D eigenvalue weighted by molar-refractivity contribution is 9.10. The van der Waals surface area contributed by atoms with Crippen LogP contribution in [0.2, 0.25) is 5.02 Å². The minimum absolute atomic E-state index is 0.238. The second-order valence-electron chi connectivity index (χ2n) is 4.62. The molecule has 1 unspecified atom stereocenters. The Morgan fingerprint density at radius 3 is 2.80 bits per heavy atom. The predicted molar refractivity (Wildman–Crippen MR) is 86.9 cm³/mol. The first kappa shape index (κ1) is 13.6. The third kappa shape index (κ3) is 2.57. The lowest BCUT2D eigenvalue weighted by molar-refractivity contribution is 0.879. The van der Waals surface area contributed by atoms with Crippen LogP contribution in [0.5, 0.6) is 0 Å². The zero-order chi connectivity index (χ0) is 14.1. The predicted octanol–water partition coefficient (Wildman–Crippen LogP) is 4.70. The van der Waals surface area contributed by atoms with E-state index in [0.29, 0.717) is 5.02 Å². The van der Waals surface area contributed by atoms with Gasteiger partial charge >= 0.3 is 0 Å². The standard InChI is InChI=1S/C16H12BrClN2/c17-12-6-11(7-13(18)8-12)16(19)14-3-1-2-10-4-5-20-9-15(10)14/h1-9,16H,19H2.